The molecule has 1 aromatic heterocycles. The highest BCUT2D eigenvalue weighted by Gasteiger charge is 2.54. The highest BCUT2D eigenvalue weighted by molar-refractivity contribution is 8.00. The number of carboxylic acid groups (broad SMARTS) is 1. The number of aliphatic hydroxyl groups excluding tert-OH is 1. The van der Waals surface area contributed by atoms with Crippen LogP contribution in [-0.4, -0.2) is 67.4 Å². The molecule has 2 aliphatic heterocycles. The predicted octanol–water partition coefficient (Wildman–Crippen LogP) is 8.89. The minimum absolute atomic E-state index is 0.00600. The van der Waals surface area contributed by atoms with Crippen LogP contribution in [0.15, 0.2) is 192 Å². The van der Waals surface area contributed by atoms with Gasteiger partial charge in [-0.2, -0.15) is 0 Å². The van der Waals surface area contributed by atoms with Crippen LogP contribution in [0.3, 0.4) is 0 Å². The van der Waals surface area contributed by atoms with Gasteiger partial charge in [0.2, 0.25) is 0 Å². The second-order valence-electron chi connectivity index (χ2n) is 15.2. The Balaban J connectivity index is 1.14. The Bertz CT molecular complexity index is 2770. The number of fused-ring (bicyclic) bond motifs is 1. The number of oxime groups is 1. The number of aliphatic carboxylic acids is 1. The number of carboxylic acids is 1. The van der Waals surface area contributed by atoms with Gasteiger partial charge in [0, 0.05) is 17.2 Å². The lowest BCUT2D eigenvalue weighted by Crippen LogP contribution is -2.71. The number of aliphatic hydroxyl groups is 1. The van der Waals surface area contributed by atoms with Gasteiger partial charge < -0.3 is 25.7 Å². The maximum atomic E-state index is 14.7. The second kappa shape index (κ2) is 19.0. The Morgan fingerprint density at radius 3 is 1.82 bits per heavy atom. The van der Waals surface area contributed by atoms with E-state index in [0.29, 0.717) is 10.9 Å². The summed E-state index contributed by atoms with van der Waals surface area (Å²) in [7, 11) is 0. The van der Waals surface area contributed by atoms with Crippen molar-refractivity contribution < 1.29 is 29.4 Å². The molecule has 0 spiro atoms. The van der Waals surface area contributed by atoms with E-state index in [9.17, 15) is 24.6 Å². The van der Waals surface area contributed by atoms with Gasteiger partial charge in [0.25, 0.3) is 11.8 Å². The molecular weight excluding hydrogens is 878 g/mol. The van der Waals surface area contributed by atoms with Gasteiger partial charge in [-0.05, 0) is 39.5 Å². The van der Waals surface area contributed by atoms with Gasteiger partial charge in [-0.1, -0.05) is 198 Å². The van der Waals surface area contributed by atoms with Gasteiger partial charge in [-0.3, -0.25) is 14.5 Å². The number of para-hydroxylation sites is 1. The first-order valence-corrected chi connectivity index (χ1v) is 22.9. The molecule has 11 nitrogen and oxygen atoms in total. The lowest BCUT2D eigenvalue weighted by molar-refractivity contribution is -0.150. The molecular formula is C51H40ClN5O6S2. The standard InChI is InChI=1S/C51H40ClN5O6S2/c52-45-41(54-50(65-45)55-51(35-22-10-3-11-23-35,36-24-12-4-13-25-36)37-26-14-5-15-27-37)42(46(59)53-43-47(60)57-44(49(61)62)34(30-58)31-64-48(43)57)56-63-39-29-17-16-28-38(39)40(32-18-6-1-7-19-32)33-20-8-2-9-21-33/h1-29,40,43,48,58H,30-31H2,(H,53,59)(H,54,55)(H,61,62)/t43-,48+/m1/s1. The summed E-state index contributed by atoms with van der Waals surface area (Å²) in [6, 6.07) is 56.1. The summed E-state index contributed by atoms with van der Waals surface area (Å²) in [5.74, 6) is -2.58. The zero-order valence-electron chi connectivity index (χ0n) is 34.5. The first-order chi connectivity index (χ1) is 31.8. The van der Waals surface area contributed by atoms with Crippen molar-refractivity contribution in [3.05, 3.63) is 231 Å². The van der Waals surface area contributed by atoms with E-state index in [1.165, 1.54) is 11.8 Å². The Morgan fingerprint density at radius 2 is 1.29 bits per heavy atom. The fourth-order valence-electron chi connectivity index (χ4n) is 8.39. The van der Waals surface area contributed by atoms with Crippen molar-refractivity contribution >= 4 is 63.3 Å². The zero-order chi connectivity index (χ0) is 44.9. The van der Waals surface area contributed by atoms with E-state index in [0.717, 1.165) is 49.6 Å². The minimum atomic E-state index is -1.34. The Morgan fingerprint density at radius 1 is 0.785 bits per heavy atom. The van der Waals surface area contributed by atoms with Crippen molar-refractivity contribution in [2.24, 2.45) is 5.16 Å². The number of carbonyl (C=O) groups excluding carboxylic acids is 2. The summed E-state index contributed by atoms with van der Waals surface area (Å²) in [4.78, 5) is 53.0. The molecule has 2 atom stereocenters. The van der Waals surface area contributed by atoms with E-state index >= 15 is 0 Å². The van der Waals surface area contributed by atoms with E-state index in [1.54, 1.807) is 6.07 Å². The van der Waals surface area contributed by atoms with Crippen molar-refractivity contribution in [1.29, 1.82) is 0 Å². The van der Waals surface area contributed by atoms with Crippen LogP contribution in [-0.2, 0) is 19.9 Å². The fraction of sp³-hybridized carbons (Fsp3) is 0.118. The van der Waals surface area contributed by atoms with Gasteiger partial charge in [0.15, 0.2) is 16.6 Å². The summed E-state index contributed by atoms with van der Waals surface area (Å²) in [6.45, 7) is -0.522. The molecule has 1 saturated heterocycles. The van der Waals surface area contributed by atoms with E-state index in [2.05, 4.69) is 15.8 Å². The molecule has 9 rings (SSSR count). The number of hydrogen-bond acceptors (Lipinski definition) is 10. The number of carbonyl (C=O) groups is 3. The number of nitrogens with one attached hydrogen (secondary N) is 2. The number of rotatable bonds is 15. The third kappa shape index (κ3) is 8.42. The molecule has 0 radical (unpaired) electrons. The Kier molecular flexibility index (Phi) is 12.6. The normalized spacial score (nSPS) is 16.1. The number of nitrogens with zero attached hydrogens (tertiary/aromatic N) is 3. The number of amides is 2. The van der Waals surface area contributed by atoms with Crippen LogP contribution in [0.4, 0.5) is 5.13 Å². The average molecular weight is 918 g/mol. The van der Waals surface area contributed by atoms with Crippen molar-refractivity contribution in [1.82, 2.24) is 15.2 Å². The molecule has 0 bridgehead atoms. The SMILES string of the molecule is O=C(O)C1=C(CO)CS[C@H]2[C@H](NC(=O)C(=NOc3ccccc3C(c3ccccc3)c3ccccc3)c3nc(NC(c4ccccc4)(c4ccccc4)c4ccccc4)sc3Cl)C(=O)N12. The molecule has 324 valence electrons. The Hall–Kier alpha value is -7.03. The zero-order valence-corrected chi connectivity index (χ0v) is 36.8. The maximum Gasteiger partial charge on any atom is 0.352 e. The average Bonchev–Trinajstić information content (AvgIpc) is 3.72. The molecule has 2 amide bonds. The van der Waals surface area contributed by atoms with Crippen LogP contribution < -0.4 is 15.5 Å². The lowest BCUT2D eigenvalue weighted by Gasteiger charge is -2.49. The minimum Gasteiger partial charge on any atom is -0.477 e. The third-order valence-electron chi connectivity index (χ3n) is 11.4. The first-order valence-electron chi connectivity index (χ1n) is 20.7. The Labute approximate surface area is 388 Å². The van der Waals surface area contributed by atoms with E-state index < -0.39 is 41.3 Å². The molecule has 0 unspecified atom stereocenters. The number of thiazole rings is 1. The van der Waals surface area contributed by atoms with Gasteiger partial charge >= 0.3 is 5.97 Å². The smallest absolute Gasteiger partial charge is 0.352 e. The number of aromatic nitrogens is 1. The third-order valence-corrected chi connectivity index (χ3v) is 13.9. The highest BCUT2D eigenvalue weighted by Crippen LogP contribution is 2.44. The topological polar surface area (TPSA) is 153 Å². The molecule has 6 aromatic carbocycles. The summed E-state index contributed by atoms with van der Waals surface area (Å²) < 4.78 is 0.116. The van der Waals surface area contributed by atoms with Crippen LogP contribution in [0.1, 0.15) is 45.0 Å². The van der Waals surface area contributed by atoms with Crippen molar-refractivity contribution in [3.8, 4) is 5.75 Å². The van der Waals surface area contributed by atoms with Gasteiger partial charge in [-0.25, -0.2) is 9.78 Å². The van der Waals surface area contributed by atoms with Crippen molar-refractivity contribution in [2.75, 3.05) is 17.7 Å². The predicted molar refractivity (Wildman–Crippen MR) is 254 cm³/mol. The van der Waals surface area contributed by atoms with Crippen LogP contribution in [0.2, 0.25) is 4.34 Å². The van der Waals surface area contributed by atoms with Crippen LogP contribution in [0.25, 0.3) is 0 Å². The highest BCUT2D eigenvalue weighted by atomic mass is 35.5. The summed E-state index contributed by atoms with van der Waals surface area (Å²) in [6.07, 6.45) is 0. The molecule has 3 heterocycles. The number of halogens is 1. The maximum absolute atomic E-state index is 14.7. The summed E-state index contributed by atoms with van der Waals surface area (Å²) in [5.41, 5.74) is 4.16. The van der Waals surface area contributed by atoms with E-state index in [-0.39, 0.29) is 38.7 Å². The molecule has 65 heavy (non-hydrogen) atoms. The van der Waals surface area contributed by atoms with Gasteiger partial charge in [-0.15, -0.1) is 11.8 Å². The molecule has 14 heteroatoms. The molecule has 7 aromatic rings. The molecule has 2 aliphatic rings. The van der Waals surface area contributed by atoms with Gasteiger partial charge in [0.1, 0.15) is 32.7 Å². The monoisotopic (exact) mass is 917 g/mol. The number of hydrogen-bond donors (Lipinski definition) is 4. The fourth-order valence-corrected chi connectivity index (χ4v) is 10.8. The van der Waals surface area contributed by atoms with Crippen LogP contribution in [0, 0.1) is 0 Å². The van der Waals surface area contributed by atoms with Crippen LogP contribution >= 0.6 is 34.7 Å². The quantitative estimate of drug-likeness (QED) is 0.0342. The molecule has 4 N–H and O–H groups in total. The largest absolute Gasteiger partial charge is 0.477 e. The summed E-state index contributed by atoms with van der Waals surface area (Å²) in [5, 5.41) is 30.5. The molecule has 0 saturated carbocycles. The van der Waals surface area contributed by atoms with Crippen molar-refractivity contribution in [3.63, 3.8) is 0 Å². The second-order valence-corrected chi connectivity index (χ2v) is 17.9. The van der Waals surface area contributed by atoms with Gasteiger partial charge in [0.05, 0.1) is 6.61 Å². The number of benzene rings is 6. The molecule has 1 fully saturated rings. The van der Waals surface area contributed by atoms with Crippen molar-refractivity contribution in [2.45, 2.75) is 22.9 Å². The number of thioether (sulfide) groups is 1. The number of β-lactam (4-membered cyclic amide) rings is 1. The number of anilines is 1. The lowest BCUT2D eigenvalue weighted by atomic mass is 9.77. The van der Waals surface area contributed by atoms with Crippen LogP contribution in [0.5, 0.6) is 5.75 Å². The van der Waals surface area contributed by atoms with E-state index in [1.807, 2.05) is 170 Å². The molecule has 0 aliphatic carbocycles. The first kappa shape index (κ1) is 43.2. The van der Waals surface area contributed by atoms with E-state index in [4.69, 9.17) is 21.4 Å². The summed E-state index contributed by atoms with van der Waals surface area (Å²) >= 11 is 9.46.